The van der Waals surface area contributed by atoms with E-state index in [1.807, 2.05) is 7.05 Å². The van der Waals surface area contributed by atoms with Gasteiger partial charge in [0.2, 0.25) is 0 Å². The molecular formula is C18H35IN4. The van der Waals surface area contributed by atoms with Crippen LogP contribution in [0.25, 0.3) is 0 Å². The van der Waals surface area contributed by atoms with E-state index in [4.69, 9.17) is 0 Å². The summed E-state index contributed by atoms with van der Waals surface area (Å²) >= 11 is 0. The Morgan fingerprint density at radius 1 is 1.17 bits per heavy atom. The lowest BCUT2D eigenvalue weighted by atomic mass is 9.65. The van der Waals surface area contributed by atoms with Crippen molar-refractivity contribution in [2.75, 3.05) is 26.7 Å². The molecule has 0 aromatic carbocycles. The molecule has 2 N–H and O–H groups in total. The average molecular weight is 434 g/mol. The molecule has 1 heterocycles. The average Bonchev–Trinajstić information content (AvgIpc) is 3.30. The highest BCUT2D eigenvalue weighted by atomic mass is 127. The summed E-state index contributed by atoms with van der Waals surface area (Å²) in [6, 6.07) is 1.26. The fourth-order valence-corrected chi connectivity index (χ4v) is 4.26. The van der Waals surface area contributed by atoms with E-state index in [-0.39, 0.29) is 24.0 Å². The van der Waals surface area contributed by atoms with Crippen LogP contribution in [0.1, 0.15) is 58.8 Å². The summed E-state index contributed by atoms with van der Waals surface area (Å²) in [6.07, 6.45) is 9.66. The van der Waals surface area contributed by atoms with Crippen LogP contribution in [0.5, 0.6) is 0 Å². The molecule has 2 saturated carbocycles. The van der Waals surface area contributed by atoms with Gasteiger partial charge in [-0.3, -0.25) is 4.99 Å². The highest BCUT2D eigenvalue weighted by Gasteiger charge is 2.48. The number of aliphatic imine (C=N–C) groups is 1. The van der Waals surface area contributed by atoms with Crippen molar-refractivity contribution in [2.45, 2.75) is 70.9 Å². The van der Waals surface area contributed by atoms with Crippen LogP contribution in [0.4, 0.5) is 0 Å². The summed E-state index contributed by atoms with van der Waals surface area (Å²) in [5.74, 6) is 2.02. The second kappa shape index (κ2) is 8.37. The smallest absolute Gasteiger partial charge is 0.191 e. The molecule has 0 unspecified atom stereocenters. The number of likely N-dealkylation sites (tertiary alicyclic amines) is 1. The lowest BCUT2D eigenvalue weighted by Crippen LogP contribution is -2.52. The third-order valence-electron chi connectivity index (χ3n) is 6.22. The standard InChI is InChI=1S/C18H34N4.HI/c1-14(2)22-11-7-16(8-12-22)21-17(19-3)20-13-18(9-4-10-18)15-5-6-15;/h14-16H,4-13H2,1-3H3,(H2,19,20,21);1H. The molecule has 0 spiro atoms. The molecule has 5 heteroatoms. The predicted octanol–water partition coefficient (Wildman–Crippen LogP) is 3.22. The number of rotatable bonds is 5. The lowest BCUT2D eigenvalue weighted by Gasteiger charge is -2.43. The van der Waals surface area contributed by atoms with Gasteiger partial charge < -0.3 is 15.5 Å². The van der Waals surface area contributed by atoms with E-state index in [2.05, 4.69) is 34.4 Å². The van der Waals surface area contributed by atoms with Crippen LogP contribution in [-0.4, -0.2) is 49.6 Å². The number of guanidine groups is 1. The second-order valence-corrected chi connectivity index (χ2v) is 7.96. The Hall–Kier alpha value is -0.0400. The first-order valence-corrected chi connectivity index (χ1v) is 9.34. The van der Waals surface area contributed by atoms with Gasteiger partial charge in [0.1, 0.15) is 0 Å². The van der Waals surface area contributed by atoms with E-state index in [1.165, 1.54) is 58.0 Å². The van der Waals surface area contributed by atoms with Gasteiger partial charge in [-0.05, 0) is 63.7 Å². The van der Waals surface area contributed by atoms with E-state index in [0.29, 0.717) is 17.5 Å². The summed E-state index contributed by atoms with van der Waals surface area (Å²) in [6.45, 7) is 8.13. The van der Waals surface area contributed by atoms with Gasteiger partial charge in [0.05, 0.1) is 0 Å². The maximum atomic E-state index is 4.46. The largest absolute Gasteiger partial charge is 0.356 e. The molecule has 0 radical (unpaired) electrons. The molecular weight excluding hydrogens is 399 g/mol. The quantitative estimate of drug-likeness (QED) is 0.397. The van der Waals surface area contributed by atoms with Crippen molar-refractivity contribution >= 4 is 29.9 Å². The van der Waals surface area contributed by atoms with Crippen molar-refractivity contribution in [2.24, 2.45) is 16.3 Å². The van der Waals surface area contributed by atoms with Crippen LogP contribution in [0.3, 0.4) is 0 Å². The minimum atomic E-state index is 0. The van der Waals surface area contributed by atoms with E-state index in [9.17, 15) is 0 Å². The van der Waals surface area contributed by atoms with Gasteiger partial charge in [0.15, 0.2) is 5.96 Å². The zero-order valence-corrected chi connectivity index (χ0v) is 17.4. The lowest BCUT2D eigenvalue weighted by molar-refractivity contribution is 0.105. The number of piperidine rings is 1. The number of nitrogens with one attached hydrogen (secondary N) is 2. The Morgan fingerprint density at radius 3 is 2.26 bits per heavy atom. The van der Waals surface area contributed by atoms with Gasteiger partial charge in [-0.2, -0.15) is 0 Å². The normalized spacial score (nSPS) is 25.7. The van der Waals surface area contributed by atoms with Gasteiger partial charge in [-0.1, -0.05) is 6.42 Å². The Bertz CT molecular complexity index is 394. The molecule has 2 aliphatic carbocycles. The highest BCUT2D eigenvalue weighted by Crippen LogP contribution is 2.56. The SMILES string of the molecule is CN=C(NCC1(C2CC2)CCC1)NC1CCN(C(C)C)CC1.I. The molecule has 4 nitrogen and oxygen atoms in total. The topological polar surface area (TPSA) is 39.7 Å². The minimum absolute atomic E-state index is 0. The van der Waals surface area contributed by atoms with Crippen LogP contribution in [-0.2, 0) is 0 Å². The van der Waals surface area contributed by atoms with Crippen LogP contribution in [0.15, 0.2) is 4.99 Å². The zero-order valence-electron chi connectivity index (χ0n) is 15.1. The highest BCUT2D eigenvalue weighted by molar-refractivity contribution is 14.0. The van der Waals surface area contributed by atoms with E-state index >= 15 is 0 Å². The third kappa shape index (κ3) is 4.74. The number of hydrogen-bond acceptors (Lipinski definition) is 2. The van der Waals surface area contributed by atoms with Gasteiger partial charge in [-0.25, -0.2) is 0 Å². The van der Waals surface area contributed by atoms with Crippen LogP contribution < -0.4 is 10.6 Å². The zero-order chi connectivity index (χ0) is 15.6. The van der Waals surface area contributed by atoms with E-state index < -0.39 is 0 Å². The third-order valence-corrected chi connectivity index (χ3v) is 6.22. The van der Waals surface area contributed by atoms with Crippen molar-refractivity contribution in [3.8, 4) is 0 Å². The fraction of sp³-hybridized carbons (Fsp3) is 0.944. The van der Waals surface area contributed by atoms with Crippen molar-refractivity contribution in [1.82, 2.24) is 15.5 Å². The van der Waals surface area contributed by atoms with Gasteiger partial charge in [0, 0.05) is 38.8 Å². The van der Waals surface area contributed by atoms with Gasteiger partial charge in [0.25, 0.3) is 0 Å². The molecule has 3 rings (SSSR count). The van der Waals surface area contributed by atoms with Crippen LogP contribution >= 0.6 is 24.0 Å². The first-order chi connectivity index (χ1) is 10.6. The second-order valence-electron chi connectivity index (χ2n) is 7.96. The molecule has 3 fully saturated rings. The molecule has 1 aliphatic heterocycles. The Kier molecular flexibility index (Phi) is 7.01. The molecule has 0 bridgehead atoms. The Balaban J connectivity index is 0.00000192. The maximum Gasteiger partial charge on any atom is 0.191 e. The summed E-state index contributed by atoms with van der Waals surface area (Å²) in [5, 5.41) is 7.30. The van der Waals surface area contributed by atoms with E-state index in [0.717, 1.165) is 18.4 Å². The molecule has 0 amide bonds. The van der Waals surface area contributed by atoms with Crippen LogP contribution in [0.2, 0.25) is 0 Å². The molecule has 3 aliphatic rings. The first-order valence-electron chi connectivity index (χ1n) is 9.34. The Morgan fingerprint density at radius 2 is 1.83 bits per heavy atom. The van der Waals surface area contributed by atoms with Crippen LogP contribution in [0, 0.1) is 11.3 Å². The van der Waals surface area contributed by atoms with Crippen molar-refractivity contribution in [3.05, 3.63) is 0 Å². The molecule has 23 heavy (non-hydrogen) atoms. The monoisotopic (exact) mass is 434 g/mol. The van der Waals surface area contributed by atoms with E-state index in [1.54, 1.807) is 0 Å². The fourth-order valence-electron chi connectivity index (χ4n) is 4.26. The molecule has 0 atom stereocenters. The molecule has 1 saturated heterocycles. The Labute approximate surface area is 159 Å². The molecule has 0 aromatic rings. The van der Waals surface area contributed by atoms with Crippen molar-refractivity contribution < 1.29 is 0 Å². The summed E-state index contributed by atoms with van der Waals surface area (Å²) in [5.41, 5.74) is 0.610. The van der Waals surface area contributed by atoms with Gasteiger partial charge >= 0.3 is 0 Å². The summed E-state index contributed by atoms with van der Waals surface area (Å²) < 4.78 is 0. The predicted molar refractivity (Wildman–Crippen MR) is 109 cm³/mol. The number of nitrogens with zero attached hydrogens (tertiary/aromatic N) is 2. The van der Waals surface area contributed by atoms with Gasteiger partial charge in [-0.15, -0.1) is 24.0 Å². The number of hydrogen-bond donors (Lipinski definition) is 2. The summed E-state index contributed by atoms with van der Waals surface area (Å²) in [4.78, 5) is 7.03. The molecule has 134 valence electrons. The number of halogens is 1. The summed E-state index contributed by atoms with van der Waals surface area (Å²) in [7, 11) is 1.91. The van der Waals surface area contributed by atoms with Crippen molar-refractivity contribution in [3.63, 3.8) is 0 Å². The molecule has 0 aromatic heterocycles. The maximum absolute atomic E-state index is 4.46. The first kappa shape index (κ1) is 19.3. The van der Waals surface area contributed by atoms with Crippen molar-refractivity contribution in [1.29, 1.82) is 0 Å². The minimum Gasteiger partial charge on any atom is -0.356 e.